The van der Waals surface area contributed by atoms with Crippen LogP contribution in [0.4, 0.5) is 0 Å². The molecule has 2 saturated heterocycles. The van der Waals surface area contributed by atoms with Gasteiger partial charge in [-0.1, -0.05) is 22.6 Å². The van der Waals surface area contributed by atoms with Gasteiger partial charge in [0, 0.05) is 4.43 Å². The van der Waals surface area contributed by atoms with Gasteiger partial charge >= 0.3 is 0 Å². The van der Waals surface area contributed by atoms with Crippen LogP contribution in [-0.2, 0) is 14.2 Å². The lowest BCUT2D eigenvalue weighted by atomic mass is 10.2. The fourth-order valence-electron chi connectivity index (χ4n) is 1.78. The van der Waals surface area contributed by atoms with Gasteiger partial charge in [-0.3, -0.25) is 0 Å². The summed E-state index contributed by atoms with van der Waals surface area (Å²) >= 11 is 2.22. The van der Waals surface area contributed by atoms with Crippen molar-refractivity contribution in [1.82, 2.24) is 0 Å². The maximum atomic E-state index is 9.50. The Morgan fingerprint density at radius 3 is 2.54 bits per heavy atom. The number of alkyl halides is 1. The van der Waals surface area contributed by atoms with Crippen molar-refractivity contribution in [1.29, 1.82) is 0 Å². The minimum absolute atomic E-state index is 0.0534. The molecule has 1 unspecified atom stereocenters. The molecule has 0 aliphatic carbocycles. The summed E-state index contributed by atoms with van der Waals surface area (Å²) in [6.45, 7) is 3.70. The lowest BCUT2D eigenvalue weighted by Crippen LogP contribution is -2.30. The van der Waals surface area contributed by atoms with E-state index in [2.05, 4.69) is 22.6 Å². The Balaban J connectivity index is 2.12. The van der Waals surface area contributed by atoms with Crippen molar-refractivity contribution >= 4 is 22.6 Å². The standard InChI is InChI=1S/C8H13IO4/c1-8(2)12-5-4(3-9)11-7(10)6(5)13-8/h4-7,10H,3H2,1-2H3/t4-,5-,6-,7?/m1/s1. The van der Waals surface area contributed by atoms with Gasteiger partial charge in [0.25, 0.3) is 0 Å². The summed E-state index contributed by atoms with van der Waals surface area (Å²) < 4.78 is 17.2. The second-order valence-corrected chi connectivity index (χ2v) is 4.66. The Bertz CT molecular complexity index is 208. The van der Waals surface area contributed by atoms with Gasteiger partial charge in [-0.25, -0.2) is 0 Å². The summed E-state index contributed by atoms with van der Waals surface area (Å²) in [6.07, 6.45) is -1.34. The van der Waals surface area contributed by atoms with Crippen LogP contribution in [0.1, 0.15) is 13.8 Å². The second kappa shape index (κ2) is 3.30. The van der Waals surface area contributed by atoms with E-state index in [0.29, 0.717) is 0 Å². The van der Waals surface area contributed by atoms with Crippen LogP contribution in [0, 0.1) is 0 Å². The van der Waals surface area contributed by atoms with Gasteiger partial charge in [0.15, 0.2) is 12.1 Å². The number of hydrogen-bond acceptors (Lipinski definition) is 4. The van der Waals surface area contributed by atoms with E-state index in [9.17, 15) is 5.11 Å². The van der Waals surface area contributed by atoms with Crippen molar-refractivity contribution in [2.75, 3.05) is 4.43 Å². The molecule has 0 aromatic rings. The molecular formula is C8H13IO4. The lowest BCUT2D eigenvalue weighted by Gasteiger charge is -2.21. The molecule has 0 amide bonds. The molecule has 5 heteroatoms. The fraction of sp³-hybridized carbons (Fsp3) is 1.00. The Labute approximate surface area is 90.7 Å². The van der Waals surface area contributed by atoms with Gasteiger partial charge in [-0.2, -0.15) is 0 Å². The smallest absolute Gasteiger partial charge is 0.184 e. The van der Waals surface area contributed by atoms with E-state index in [1.54, 1.807) is 0 Å². The maximum Gasteiger partial charge on any atom is 0.184 e. The van der Waals surface area contributed by atoms with Crippen LogP contribution in [0.2, 0.25) is 0 Å². The predicted molar refractivity (Wildman–Crippen MR) is 53.6 cm³/mol. The zero-order valence-corrected chi connectivity index (χ0v) is 9.72. The second-order valence-electron chi connectivity index (χ2n) is 3.78. The van der Waals surface area contributed by atoms with E-state index >= 15 is 0 Å². The van der Waals surface area contributed by atoms with Crippen LogP contribution >= 0.6 is 22.6 Å². The molecule has 4 atom stereocenters. The van der Waals surface area contributed by atoms with Crippen molar-refractivity contribution in [3.8, 4) is 0 Å². The molecule has 0 saturated carbocycles. The van der Waals surface area contributed by atoms with Gasteiger partial charge in [0.05, 0.1) is 6.10 Å². The fourth-order valence-corrected chi connectivity index (χ4v) is 2.49. The highest BCUT2D eigenvalue weighted by atomic mass is 127. The topological polar surface area (TPSA) is 47.9 Å². The predicted octanol–water partition coefficient (Wildman–Crippen LogP) is 0.659. The number of fused-ring (bicyclic) bond motifs is 1. The molecule has 2 aliphatic rings. The first-order valence-electron chi connectivity index (χ1n) is 4.28. The summed E-state index contributed by atoms with van der Waals surface area (Å²) in [5.41, 5.74) is 0. The van der Waals surface area contributed by atoms with Gasteiger partial charge in [-0.05, 0) is 13.8 Å². The van der Waals surface area contributed by atoms with E-state index < -0.39 is 12.1 Å². The quantitative estimate of drug-likeness (QED) is 0.571. The summed E-state index contributed by atoms with van der Waals surface area (Å²) in [4.78, 5) is 0. The molecular weight excluding hydrogens is 287 g/mol. The minimum Gasteiger partial charge on any atom is -0.366 e. The van der Waals surface area contributed by atoms with Gasteiger partial charge in [0.1, 0.15) is 12.2 Å². The molecule has 2 heterocycles. The van der Waals surface area contributed by atoms with Crippen LogP contribution in [0.15, 0.2) is 0 Å². The third kappa shape index (κ3) is 1.72. The summed E-state index contributed by atoms with van der Waals surface area (Å²) in [6, 6.07) is 0. The summed E-state index contributed by atoms with van der Waals surface area (Å²) in [5, 5.41) is 9.50. The molecule has 0 aromatic heterocycles. The molecule has 13 heavy (non-hydrogen) atoms. The number of hydrogen-bond donors (Lipinski definition) is 1. The van der Waals surface area contributed by atoms with E-state index in [1.165, 1.54) is 0 Å². The van der Waals surface area contributed by atoms with E-state index in [-0.39, 0.29) is 18.3 Å². The van der Waals surface area contributed by atoms with Crippen LogP contribution in [0.3, 0.4) is 0 Å². The van der Waals surface area contributed by atoms with Gasteiger partial charge in [-0.15, -0.1) is 0 Å². The Morgan fingerprint density at radius 1 is 1.31 bits per heavy atom. The average molecular weight is 300 g/mol. The Hall–Kier alpha value is 0.570. The Kier molecular flexibility index (Phi) is 2.57. The molecule has 2 rings (SSSR count). The Morgan fingerprint density at radius 2 is 1.92 bits per heavy atom. The molecule has 0 aromatic carbocycles. The third-order valence-corrected chi connectivity index (χ3v) is 3.15. The van der Waals surface area contributed by atoms with Crippen LogP contribution in [0.25, 0.3) is 0 Å². The maximum absolute atomic E-state index is 9.50. The highest BCUT2D eigenvalue weighted by Gasteiger charge is 2.54. The normalized spacial score (nSPS) is 48.0. The third-order valence-electron chi connectivity index (χ3n) is 2.28. The van der Waals surface area contributed by atoms with Crippen molar-refractivity contribution in [3.05, 3.63) is 0 Å². The van der Waals surface area contributed by atoms with E-state index in [4.69, 9.17) is 14.2 Å². The molecule has 2 fully saturated rings. The zero-order valence-electron chi connectivity index (χ0n) is 7.57. The SMILES string of the molecule is CC1(C)O[C@@H]2[C@@H](CI)OC(O)[C@@H]2O1. The molecule has 0 radical (unpaired) electrons. The molecule has 0 bridgehead atoms. The highest BCUT2D eigenvalue weighted by Crippen LogP contribution is 2.38. The highest BCUT2D eigenvalue weighted by molar-refractivity contribution is 14.1. The number of aliphatic hydroxyl groups is 1. The van der Waals surface area contributed by atoms with Crippen molar-refractivity contribution < 1.29 is 19.3 Å². The summed E-state index contributed by atoms with van der Waals surface area (Å²) in [5.74, 6) is -0.593. The number of rotatable bonds is 1. The molecule has 2 aliphatic heterocycles. The van der Waals surface area contributed by atoms with Crippen molar-refractivity contribution in [3.63, 3.8) is 0 Å². The van der Waals surface area contributed by atoms with Crippen LogP contribution in [-0.4, -0.2) is 39.9 Å². The van der Waals surface area contributed by atoms with Gasteiger partial charge in [0.2, 0.25) is 0 Å². The van der Waals surface area contributed by atoms with Crippen LogP contribution < -0.4 is 0 Å². The van der Waals surface area contributed by atoms with Crippen LogP contribution in [0.5, 0.6) is 0 Å². The van der Waals surface area contributed by atoms with E-state index in [0.717, 1.165) is 4.43 Å². The first kappa shape index (κ1) is 10.1. The number of ether oxygens (including phenoxy) is 3. The average Bonchev–Trinajstić information content (AvgIpc) is 2.47. The zero-order chi connectivity index (χ0) is 9.64. The lowest BCUT2D eigenvalue weighted by molar-refractivity contribution is -0.216. The first-order valence-corrected chi connectivity index (χ1v) is 5.81. The first-order chi connectivity index (χ1) is 6.03. The molecule has 4 nitrogen and oxygen atoms in total. The molecule has 1 N–H and O–H groups in total. The van der Waals surface area contributed by atoms with Gasteiger partial charge < -0.3 is 19.3 Å². The molecule has 76 valence electrons. The van der Waals surface area contributed by atoms with E-state index in [1.807, 2.05) is 13.8 Å². The molecule has 0 spiro atoms. The number of halogens is 1. The minimum atomic E-state index is -0.841. The largest absolute Gasteiger partial charge is 0.366 e. The number of aliphatic hydroxyl groups excluding tert-OH is 1. The monoisotopic (exact) mass is 300 g/mol. The van der Waals surface area contributed by atoms with Crippen molar-refractivity contribution in [2.45, 2.75) is 44.2 Å². The van der Waals surface area contributed by atoms with Crippen molar-refractivity contribution in [2.24, 2.45) is 0 Å². The summed E-state index contributed by atoms with van der Waals surface area (Å²) in [7, 11) is 0.